The number of hydrogen-bond acceptors (Lipinski definition) is 5. The zero-order valence-corrected chi connectivity index (χ0v) is 20.9. The van der Waals surface area contributed by atoms with Gasteiger partial charge in [-0.25, -0.2) is 4.68 Å². The quantitative estimate of drug-likeness (QED) is 0.297. The van der Waals surface area contributed by atoms with E-state index >= 15 is 0 Å². The number of para-hydroxylation sites is 2. The van der Waals surface area contributed by atoms with Gasteiger partial charge in [-0.1, -0.05) is 54.1 Å². The van der Waals surface area contributed by atoms with Crippen molar-refractivity contribution in [2.45, 2.75) is 45.4 Å². The SMILES string of the molecule is Cc1ccc(Oc2c(CN(CC(O)COc3ccccc3)C3CC3)c(C)nn2-c2ccccc2)cc1. The molecule has 5 rings (SSSR count). The van der Waals surface area contributed by atoms with Crippen LogP contribution in [0.25, 0.3) is 5.69 Å². The molecule has 0 spiro atoms. The molecule has 6 nitrogen and oxygen atoms in total. The monoisotopic (exact) mass is 483 g/mol. The highest BCUT2D eigenvalue weighted by Crippen LogP contribution is 2.35. The molecule has 0 saturated heterocycles. The molecule has 1 fully saturated rings. The standard InChI is InChI=1S/C30H33N3O3/c1-22-13-17-28(18-14-22)36-30-29(23(2)31-33(30)25-9-5-3-6-10-25)20-32(24-15-16-24)19-26(34)21-35-27-11-7-4-8-12-27/h3-14,17-18,24,26,34H,15-16,19-21H2,1-2H3. The maximum absolute atomic E-state index is 10.8. The van der Waals surface area contributed by atoms with Crippen LogP contribution in [0, 0.1) is 13.8 Å². The maximum atomic E-state index is 10.8. The van der Waals surface area contributed by atoms with Crippen molar-refractivity contribution in [3.63, 3.8) is 0 Å². The predicted octanol–water partition coefficient (Wildman–Crippen LogP) is 5.69. The largest absolute Gasteiger partial charge is 0.491 e. The Balaban J connectivity index is 1.38. The fourth-order valence-electron chi connectivity index (χ4n) is 4.31. The third-order valence-electron chi connectivity index (χ3n) is 6.43. The van der Waals surface area contributed by atoms with Crippen molar-refractivity contribution in [3.8, 4) is 23.1 Å². The Kier molecular flexibility index (Phi) is 7.35. The maximum Gasteiger partial charge on any atom is 0.227 e. The number of nitrogens with zero attached hydrogens (tertiary/aromatic N) is 3. The highest BCUT2D eigenvalue weighted by atomic mass is 16.5. The number of rotatable bonds is 11. The number of aryl methyl sites for hydroxylation is 2. The first-order valence-corrected chi connectivity index (χ1v) is 12.6. The van der Waals surface area contributed by atoms with Gasteiger partial charge in [-0.05, 0) is 63.1 Å². The Morgan fingerprint density at radius 3 is 2.25 bits per heavy atom. The Hall–Kier alpha value is -3.61. The lowest BCUT2D eigenvalue weighted by atomic mass is 10.2. The van der Waals surface area contributed by atoms with Crippen molar-refractivity contribution >= 4 is 0 Å². The van der Waals surface area contributed by atoms with Crippen molar-refractivity contribution < 1.29 is 14.6 Å². The van der Waals surface area contributed by atoms with E-state index in [1.807, 2.05) is 96.5 Å². The molecule has 6 heteroatoms. The average Bonchev–Trinajstić information content (AvgIpc) is 3.71. The van der Waals surface area contributed by atoms with Crippen LogP contribution in [0.2, 0.25) is 0 Å². The van der Waals surface area contributed by atoms with Crippen LogP contribution in [-0.2, 0) is 6.54 Å². The minimum atomic E-state index is -0.600. The second kappa shape index (κ2) is 11.0. The number of aromatic nitrogens is 2. The molecule has 1 unspecified atom stereocenters. The average molecular weight is 484 g/mol. The molecular formula is C30H33N3O3. The summed E-state index contributed by atoms with van der Waals surface area (Å²) < 4.78 is 14.1. The molecule has 1 N–H and O–H groups in total. The van der Waals surface area contributed by atoms with Crippen molar-refractivity contribution in [1.82, 2.24) is 14.7 Å². The van der Waals surface area contributed by atoms with E-state index in [4.69, 9.17) is 14.6 Å². The van der Waals surface area contributed by atoms with Crippen LogP contribution in [-0.4, -0.2) is 45.1 Å². The van der Waals surface area contributed by atoms with E-state index in [2.05, 4.69) is 11.8 Å². The van der Waals surface area contributed by atoms with Crippen LogP contribution in [0.3, 0.4) is 0 Å². The number of hydrogen-bond donors (Lipinski definition) is 1. The fourth-order valence-corrected chi connectivity index (χ4v) is 4.31. The smallest absolute Gasteiger partial charge is 0.227 e. The summed E-state index contributed by atoms with van der Waals surface area (Å²) in [6.45, 7) is 5.51. The van der Waals surface area contributed by atoms with Gasteiger partial charge in [0, 0.05) is 19.1 Å². The second-order valence-corrected chi connectivity index (χ2v) is 9.47. The van der Waals surface area contributed by atoms with Gasteiger partial charge in [0.05, 0.1) is 16.9 Å². The van der Waals surface area contributed by atoms with Crippen LogP contribution < -0.4 is 9.47 Å². The summed E-state index contributed by atoms with van der Waals surface area (Å²) in [5.41, 5.74) is 4.08. The zero-order chi connectivity index (χ0) is 24.9. The highest BCUT2D eigenvalue weighted by molar-refractivity contribution is 5.43. The molecule has 4 aromatic rings. The number of aliphatic hydroxyl groups excluding tert-OH is 1. The Labute approximate surface area is 212 Å². The number of aliphatic hydroxyl groups is 1. The lowest BCUT2D eigenvalue weighted by molar-refractivity contribution is 0.0623. The van der Waals surface area contributed by atoms with Gasteiger partial charge in [-0.15, -0.1) is 0 Å². The lowest BCUT2D eigenvalue weighted by Gasteiger charge is -2.25. The highest BCUT2D eigenvalue weighted by Gasteiger charge is 2.32. The van der Waals surface area contributed by atoms with Gasteiger partial charge >= 0.3 is 0 Å². The van der Waals surface area contributed by atoms with Gasteiger partial charge < -0.3 is 14.6 Å². The van der Waals surface area contributed by atoms with Crippen LogP contribution in [0.4, 0.5) is 0 Å². The third kappa shape index (κ3) is 5.96. The molecule has 1 atom stereocenters. The van der Waals surface area contributed by atoms with E-state index in [-0.39, 0.29) is 6.61 Å². The van der Waals surface area contributed by atoms with Crippen LogP contribution in [0.15, 0.2) is 84.9 Å². The first-order chi connectivity index (χ1) is 17.6. The normalized spacial score (nSPS) is 14.1. The van der Waals surface area contributed by atoms with Crippen molar-refractivity contribution in [3.05, 3.63) is 102 Å². The topological polar surface area (TPSA) is 59.8 Å². The van der Waals surface area contributed by atoms with Gasteiger partial charge in [-0.3, -0.25) is 4.90 Å². The molecular weight excluding hydrogens is 450 g/mol. The van der Waals surface area contributed by atoms with Crippen molar-refractivity contribution in [2.75, 3.05) is 13.2 Å². The molecule has 1 heterocycles. The molecule has 3 aromatic carbocycles. The van der Waals surface area contributed by atoms with E-state index in [1.165, 1.54) is 5.56 Å². The predicted molar refractivity (Wildman–Crippen MR) is 141 cm³/mol. The first-order valence-electron chi connectivity index (χ1n) is 12.6. The van der Waals surface area contributed by atoms with Crippen molar-refractivity contribution in [1.29, 1.82) is 0 Å². The molecule has 186 valence electrons. The number of ether oxygens (including phenoxy) is 2. The van der Waals surface area contributed by atoms with Gasteiger partial charge in [0.1, 0.15) is 24.2 Å². The van der Waals surface area contributed by atoms with Gasteiger partial charge in [0.2, 0.25) is 5.88 Å². The summed E-state index contributed by atoms with van der Waals surface area (Å²) >= 11 is 0. The van der Waals surface area contributed by atoms with E-state index in [0.29, 0.717) is 25.0 Å². The fraction of sp³-hybridized carbons (Fsp3) is 0.300. The molecule has 0 amide bonds. The van der Waals surface area contributed by atoms with Gasteiger partial charge in [0.15, 0.2) is 0 Å². The van der Waals surface area contributed by atoms with E-state index in [0.717, 1.165) is 41.3 Å². The molecule has 36 heavy (non-hydrogen) atoms. The summed E-state index contributed by atoms with van der Waals surface area (Å²) in [5, 5.41) is 15.7. The minimum Gasteiger partial charge on any atom is -0.491 e. The molecule has 1 saturated carbocycles. The molecule has 0 bridgehead atoms. The van der Waals surface area contributed by atoms with Crippen molar-refractivity contribution in [2.24, 2.45) is 0 Å². The Morgan fingerprint density at radius 2 is 1.58 bits per heavy atom. The molecule has 0 radical (unpaired) electrons. The summed E-state index contributed by atoms with van der Waals surface area (Å²) in [7, 11) is 0. The summed E-state index contributed by atoms with van der Waals surface area (Å²) in [6.07, 6.45) is 1.66. The van der Waals surface area contributed by atoms with E-state index < -0.39 is 6.10 Å². The first kappa shape index (κ1) is 24.1. The van der Waals surface area contributed by atoms with Crippen LogP contribution >= 0.6 is 0 Å². The lowest BCUT2D eigenvalue weighted by Crippen LogP contribution is -2.36. The van der Waals surface area contributed by atoms with E-state index in [1.54, 1.807) is 0 Å². The summed E-state index contributed by atoms with van der Waals surface area (Å²) in [5.74, 6) is 2.25. The van der Waals surface area contributed by atoms with Crippen LogP contribution in [0.1, 0.15) is 29.7 Å². The molecule has 1 aliphatic carbocycles. The minimum absolute atomic E-state index is 0.252. The Morgan fingerprint density at radius 1 is 0.917 bits per heavy atom. The third-order valence-corrected chi connectivity index (χ3v) is 6.43. The van der Waals surface area contributed by atoms with Gasteiger partial charge in [0.25, 0.3) is 0 Å². The second-order valence-electron chi connectivity index (χ2n) is 9.47. The molecule has 0 aliphatic heterocycles. The van der Waals surface area contributed by atoms with Crippen LogP contribution in [0.5, 0.6) is 17.4 Å². The zero-order valence-electron chi connectivity index (χ0n) is 20.9. The summed E-state index contributed by atoms with van der Waals surface area (Å²) in [4.78, 5) is 2.33. The molecule has 1 aliphatic rings. The van der Waals surface area contributed by atoms with E-state index in [9.17, 15) is 5.11 Å². The van der Waals surface area contributed by atoms with Gasteiger partial charge in [-0.2, -0.15) is 5.10 Å². The number of benzene rings is 3. The molecule has 1 aromatic heterocycles. The Bertz CT molecular complexity index is 1250. The summed E-state index contributed by atoms with van der Waals surface area (Å²) in [6, 6.07) is 28.2.